The normalized spacial score (nSPS) is 10.3. The molecule has 0 amide bonds. The number of anilines is 1. The summed E-state index contributed by atoms with van der Waals surface area (Å²) < 4.78 is 0.965. The number of rotatable bonds is 2. The van der Waals surface area contributed by atoms with Crippen LogP contribution in [0.15, 0.2) is 18.3 Å². The quantitative estimate of drug-likeness (QED) is 0.625. The summed E-state index contributed by atoms with van der Waals surface area (Å²) in [7, 11) is 3.92. The van der Waals surface area contributed by atoms with Crippen LogP contribution in [0.1, 0.15) is 0 Å². The van der Waals surface area contributed by atoms with Gasteiger partial charge in [-0.2, -0.15) is 0 Å². The Morgan fingerprint density at radius 3 is 2.73 bits per heavy atom. The summed E-state index contributed by atoms with van der Waals surface area (Å²) in [5.41, 5.74) is 1.07. The van der Waals surface area contributed by atoms with Gasteiger partial charge in [0.05, 0.1) is 0 Å². The molecular weight excluding hydrogens is 323 g/mol. The Kier molecular flexibility index (Phi) is 3.15. The molecule has 0 aliphatic carbocycles. The molecule has 0 aliphatic rings. The first-order valence-corrected chi connectivity index (χ1v) is 6.19. The van der Waals surface area contributed by atoms with Gasteiger partial charge in [-0.3, -0.25) is 4.98 Å². The first-order chi connectivity index (χ1) is 7.16. The highest BCUT2D eigenvalue weighted by molar-refractivity contribution is 14.1. The topological polar surface area (TPSA) is 41.9 Å². The number of aromatic nitrogens is 3. The Morgan fingerprint density at radius 1 is 1.33 bits per heavy atom. The standard InChI is InChI=1S/C9H9IN4S/c1-14(2)9-13-12-8(15-9)6-3-4-11-7(10)5-6/h3-5H,1-2H3. The van der Waals surface area contributed by atoms with Crippen LogP contribution in [0.25, 0.3) is 10.6 Å². The van der Waals surface area contributed by atoms with Crippen molar-refractivity contribution >= 4 is 39.1 Å². The third-order valence-corrected chi connectivity index (χ3v) is 3.50. The molecule has 6 heteroatoms. The fraction of sp³-hybridized carbons (Fsp3) is 0.222. The summed E-state index contributed by atoms with van der Waals surface area (Å²) in [6.45, 7) is 0. The van der Waals surface area contributed by atoms with Crippen LogP contribution < -0.4 is 4.90 Å². The minimum Gasteiger partial charge on any atom is -0.353 e. The highest BCUT2D eigenvalue weighted by atomic mass is 127. The maximum Gasteiger partial charge on any atom is 0.208 e. The zero-order valence-corrected chi connectivity index (χ0v) is 11.3. The Labute approximate surface area is 106 Å². The fourth-order valence-electron chi connectivity index (χ4n) is 1.05. The van der Waals surface area contributed by atoms with Crippen LogP contribution in [-0.4, -0.2) is 29.3 Å². The summed E-state index contributed by atoms with van der Waals surface area (Å²) in [5.74, 6) is 0. The number of hydrogen-bond acceptors (Lipinski definition) is 5. The molecule has 0 N–H and O–H groups in total. The van der Waals surface area contributed by atoms with Crippen molar-refractivity contribution in [2.45, 2.75) is 0 Å². The third-order valence-electron chi connectivity index (χ3n) is 1.77. The van der Waals surface area contributed by atoms with Crippen LogP contribution in [-0.2, 0) is 0 Å². The van der Waals surface area contributed by atoms with Crippen molar-refractivity contribution in [3.05, 3.63) is 22.0 Å². The summed E-state index contributed by atoms with van der Waals surface area (Å²) >= 11 is 3.76. The molecule has 0 saturated carbocycles. The van der Waals surface area contributed by atoms with Gasteiger partial charge in [0.1, 0.15) is 8.71 Å². The lowest BCUT2D eigenvalue weighted by atomic mass is 10.3. The molecule has 0 aromatic carbocycles. The van der Waals surface area contributed by atoms with E-state index in [-0.39, 0.29) is 0 Å². The first-order valence-electron chi connectivity index (χ1n) is 4.29. The van der Waals surface area contributed by atoms with Crippen LogP contribution in [0, 0.1) is 3.70 Å². The third kappa shape index (κ3) is 2.43. The Balaban J connectivity index is 2.37. The lowest BCUT2D eigenvalue weighted by Gasteiger charge is -2.03. The van der Waals surface area contributed by atoms with Crippen molar-refractivity contribution in [3.8, 4) is 10.6 Å². The number of hydrogen-bond donors (Lipinski definition) is 0. The van der Waals surface area contributed by atoms with Crippen molar-refractivity contribution in [2.75, 3.05) is 19.0 Å². The highest BCUT2D eigenvalue weighted by Crippen LogP contribution is 2.27. The van der Waals surface area contributed by atoms with Crippen LogP contribution in [0.5, 0.6) is 0 Å². The molecule has 2 rings (SSSR count). The van der Waals surface area contributed by atoms with Crippen molar-refractivity contribution in [2.24, 2.45) is 0 Å². The van der Waals surface area contributed by atoms with Crippen molar-refractivity contribution in [1.82, 2.24) is 15.2 Å². The van der Waals surface area contributed by atoms with Gasteiger partial charge in [-0.15, -0.1) is 10.2 Å². The summed E-state index contributed by atoms with van der Waals surface area (Å²) in [5, 5.41) is 10.1. The van der Waals surface area contributed by atoms with Crippen LogP contribution in [0.3, 0.4) is 0 Å². The minimum atomic E-state index is 0.914. The average Bonchev–Trinajstić information content (AvgIpc) is 2.66. The van der Waals surface area contributed by atoms with E-state index in [4.69, 9.17) is 0 Å². The molecule has 0 saturated heterocycles. The summed E-state index contributed by atoms with van der Waals surface area (Å²) in [4.78, 5) is 6.09. The molecule has 2 heterocycles. The summed E-state index contributed by atoms with van der Waals surface area (Å²) in [6.07, 6.45) is 1.79. The number of halogens is 1. The second kappa shape index (κ2) is 4.40. The van der Waals surface area contributed by atoms with Gasteiger partial charge >= 0.3 is 0 Å². The molecule has 2 aromatic heterocycles. The smallest absolute Gasteiger partial charge is 0.208 e. The molecule has 0 bridgehead atoms. The predicted molar refractivity (Wildman–Crippen MR) is 70.2 cm³/mol. The molecular formula is C9H9IN4S. The SMILES string of the molecule is CN(C)c1nnc(-c2ccnc(I)c2)s1. The van der Waals surface area contributed by atoms with E-state index in [1.165, 1.54) is 0 Å². The molecule has 0 aliphatic heterocycles. The summed E-state index contributed by atoms with van der Waals surface area (Å²) in [6, 6.07) is 3.95. The van der Waals surface area contributed by atoms with Gasteiger partial charge in [0.2, 0.25) is 5.13 Å². The molecule has 78 valence electrons. The van der Waals surface area contributed by atoms with Gasteiger partial charge < -0.3 is 4.90 Å². The van der Waals surface area contributed by atoms with Crippen LogP contribution in [0.4, 0.5) is 5.13 Å². The number of pyridine rings is 1. The van der Waals surface area contributed by atoms with E-state index in [1.807, 2.05) is 31.1 Å². The van der Waals surface area contributed by atoms with Gasteiger partial charge in [0.15, 0.2) is 0 Å². The maximum atomic E-state index is 4.14. The van der Waals surface area contributed by atoms with Gasteiger partial charge in [-0.25, -0.2) is 0 Å². The molecule has 0 atom stereocenters. The van der Waals surface area contributed by atoms with Gasteiger partial charge in [0, 0.05) is 25.9 Å². The average molecular weight is 332 g/mol. The molecule has 15 heavy (non-hydrogen) atoms. The van der Waals surface area contributed by atoms with E-state index in [9.17, 15) is 0 Å². The Bertz CT molecular complexity index is 469. The van der Waals surface area contributed by atoms with E-state index < -0.39 is 0 Å². The van der Waals surface area contributed by atoms with E-state index in [0.29, 0.717) is 0 Å². The van der Waals surface area contributed by atoms with Crippen molar-refractivity contribution in [1.29, 1.82) is 0 Å². The van der Waals surface area contributed by atoms with Crippen molar-refractivity contribution in [3.63, 3.8) is 0 Å². The highest BCUT2D eigenvalue weighted by Gasteiger charge is 2.07. The van der Waals surface area contributed by atoms with Crippen LogP contribution in [0.2, 0.25) is 0 Å². The largest absolute Gasteiger partial charge is 0.353 e. The maximum absolute atomic E-state index is 4.14. The Morgan fingerprint density at radius 2 is 2.13 bits per heavy atom. The zero-order valence-electron chi connectivity index (χ0n) is 8.31. The van der Waals surface area contributed by atoms with Gasteiger partial charge in [-0.1, -0.05) is 11.3 Å². The lowest BCUT2D eigenvalue weighted by molar-refractivity contribution is 1.02. The molecule has 0 radical (unpaired) electrons. The molecule has 0 unspecified atom stereocenters. The fourth-order valence-corrected chi connectivity index (χ4v) is 2.31. The van der Waals surface area contributed by atoms with E-state index in [2.05, 4.69) is 37.8 Å². The lowest BCUT2D eigenvalue weighted by Crippen LogP contribution is -2.07. The van der Waals surface area contributed by atoms with Crippen LogP contribution >= 0.6 is 33.9 Å². The first kappa shape index (κ1) is 10.7. The predicted octanol–water partition coefficient (Wildman–Crippen LogP) is 2.27. The monoisotopic (exact) mass is 332 g/mol. The second-order valence-electron chi connectivity index (χ2n) is 3.15. The molecule has 4 nitrogen and oxygen atoms in total. The van der Waals surface area contributed by atoms with E-state index >= 15 is 0 Å². The second-order valence-corrected chi connectivity index (χ2v) is 5.21. The zero-order chi connectivity index (χ0) is 10.8. The van der Waals surface area contributed by atoms with Gasteiger partial charge in [0.25, 0.3) is 0 Å². The minimum absolute atomic E-state index is 0.914. The molecule has 2 aromatic rings. The van der Waals surface area contributed by atoms with Crippen molar-refractivity contribution < 1.29 is 0 Å². The Hall–Kier alpha value is -0.760. The van der Waals surface area contributed by atoms with Gasteiger partial charge in [-0.05, 0) is 34.7 Å². The van der Waals surface area contributed by atoms with E-state index in [1.54, 1.807) is 17.5 Å². The molecule has 0 fully saturated rings. The van der Waals surface area contributed by atoms with E-state index in [0.717, 1.165) is 19.4 Å². The molecule has 0 spiro atoms. The number of nitrogens with zero attached hydrogens (tertiary/aromatic N) is 4.